The predicted octanol–water partition coefficient (Wildman–Crippen LogP) is 2.45. The molecule has 0 aliphatic rings. The van der Waals surface area contributed by atoms with Gasteiger partial charge in [0, 0.05) is 6.54 Å². The van der Waals surface area contributed by atoms with Crippen LogP contribution in [0.25, 0.3) is 0 Å². The van der Waals surface area contributed by atoms with Crippen molar-refractivity contribution in [2.24, 2.45) is 0 Å². The molecule has 0 radical (unpaired) electrons. The van der Waals surface area contributed by atoms with E-state index in [-0.39, 0.29) is 37.2 Å². The summed E-state index contributed by atoms with van der Waals surface area (Å²) in [5.41, 5.74) is 12.5. The van der Waals surface area contributed by atoms with Crippen LogP contribution < -0.4 is 16.2 Å². The molecule has 7 heteroatoms. The van der Waals surface area contributed by atoms with Crippen LogP contribution in [0.3, 0.4) is 0 Å². The molecule has 4 nitrogen and oxygen atoms in total. The fourth-order valence-electron chi connectivity index (χ4n) is 1.25. The SMILES string of the molecule is CN(C)CCCOc1cccc(N)c1N.Cl.Cl.Cl. The van der Waals surface area contributed by atoms with E-state index in [2.05, 4.69) is 4.90 Å². The average molecular weight is 319 g/mol. The van der Waals surface area contributed by atoms with Crippen molar-refractivity contribution in [3.05, 3.63) is 18.2 Å². The highest BCUT2D eigenvalue weighted by molar-refractivity contribution is 5.86. The van der Waals surface area contributed by atoms with Crippen molar-refractivity contribution < 1.29 is 4.74 Å². The van der Waals surface area contributed by atoms with Crippen LogP contribution in [-0.2, 0) is 0 Å². The van der Waals surface area contributed by atoms with Crippen LogP contribution in [-0.4, -0.2) is 32.1 Å². The highest BCUT2D eigenvalue weighted by Gasteiger charge is 2.02. The first-order valence-electron chi connectivity index (χ1n) is 5.02. The summed E-state index contributed by atoms with van der Waals surface area (Å²) in [5.74, 6) is 0.675. The number of nitrogen functional groups attached to an aromatic ring is 2. The lowest BCUT2D eigenvalue weighted by atomic mass is 10.2. The molecule has 1 rings (SSSR count). The van der Waals surface area contributed by atoms with Gasteiger partial charge in [-0.25, -0.2) is 0 Å². The minimum absolute atomic E-state index is 0. The smallest absolute Gasteiger partial charge is 0.144 e. The van der Waals surface area contributed by atoms with Crippen molar-refractivity contribution in [1.29, 1.82) is 0 Å². The third kappa shape index (κ3) is 7.71. The molecule has 4 N–H and O–H groups in total. The van der Waals surface area contributed by atoms with Crippen LogP contribution in [0.15, 0.2) is 18.2 Å². The van der Waals surface area contributed by atoms with Crippen molar-refractivity contribution >= 4 is 48.6 Å². The molecule has 0 aromatic heterocycles. The van der Waals surface area contributed by atoms with Crippen LogP contribution in [0.1, 0.15) is 6.42 Å². The number of nitrogens with zero attached hydrogens (tertiary/aromatic N) is 1. The third-order valence-corrected chi connectivity index (χ3v) is 2.11. The van der Waals surface area contributed by atoms with Crippen LogP contribution in [0.5, 0.6) is 5.75 Å². The molecular formula is C11H22Cl3N3O. The highest BCUT2D eigenvalue weighted by atomic mass is 35.5. The lowest BCUT2D eigenvalue weighted by Gasteiger charge is -2.12. The molecule has 0 aliphatic heterocycles. The summed E-state index contributed by atoms with van der Waals surface area (Å²) in [4.78, 5) is 2.12. The van der Waals surface area contributed by atoms with Gasteiger partial charge in [-0.2, -0.15) is 0 Å². The molecular weight excluding hydrogens is 296 g/mol. The highest BCUT2D eigenvalue weighted by Crippen LogP contribution is 2.26. The van der Waals surface area contributed by atoms with Crippen molar-refractivity contribution in [3.8, 4) is 5.75 Å². The monoisotopic (exact) mass is 317 g/mol. The molecule has 18 heavy (non-hydrogen) atoms. The molecule has 0 amide bonds. The Balaban J connectivity index is -0.000000750. The third-order valence-electron chi connectivity index (χ3n) is 2.11. The molecule has 0 atom stereocenters. The number of nitrogens with two attached hydrogens (primary N) is 2. The minimum atomic E-state index is 0. The molecule has 0 saturated heterocycles. The first-order valence-corrected chi connectivity index (χ1v) is 5.02. The van der Waals surface area contributed by atoms with Gasteiger partial charge in [-0.1, -0.05) is 6.07 Å². The molecule has 108 valence electrons. The maximum absolute atomic E-state index is 5.76. The second-order valence-electron chi connectivity index (χ2n) is 3.76. The zero-order valence-electron chi connectivity index (χ0n) is 10.6. The van der Waals surface area contributed by atoms with E-state index in [1.807, 2.05) is 26.2 Å². The number of rotatable bonds is 5. The Bertz CT molecular complexity index is 324. The Morgan fingerprint density at radius 2 is 1.72 bits per heavy atom. The number of hydrogen-bond donors (Lipinski definition) is 2. The van der Waals surface area contributed by atoms with Crippen LogP contribution >= 0.6 is 37.2 Å². The topological polar surface area (TPSA) is 64.5 Å². The predicted molar refractivity (Wildman–Crippen MR) is 85.7 cm³/mol. The lowest BCUT2D eigenvalue weighted by molar-refractivity contribution is 0.283. The van der Waals surface area contributed by atoms with Gasteiger partial charge in [0.05, 0.1) is 18.0 Å². The minimum Gasteiger partial charge on any atom is -0.491 e. The summed E-state index contributed by atoms with van der Waals surface area (Å²) in [5, 5.41) is 0. The fourth-order valence-corrected chi connectivity index (χ4v) is 1.25. The second-order valence-corrected chi connectivity index (χ2v) is 3.76. The van der Waals surface area contributed by atoms with Gasteiger partial charge >= 0.3 is 0 Å². The van der Waals surface area contributed by atoms with E-state index in [0.29, 0.717) is 23.7 Å². The number of benzene rings is 1. The van der Waals surface area contributed by atoms with E-state index in [9.17, 15) is 0 Å². The van der Waals surface area contributed by atoms with E-state index in [4.69, 9.17) is 16.2 Å². The molecule has 0 heterocycles. The van der Waals surface area contributed by atoms with Gasteiger partial charge in [-0.3, -0.25) is 0 Å². The Hall–Kier alpha value is -0.550. The maximum atomic E-state index is 5.76. The molecule has 0 unspecified atom stereocenters. The van der Waals surface area contributed by atoms with Crippen molar-refractivity contribution in [2.75, 3.05) is 38.7 Å². The summed E-state index contributed by atoms with van der Waals surface area (Å²) in [6, 6.07) is 5.44. The Morgan fingerprint density at radius 3 is 2.28 bits per heavy atom. The van der Waals surface area contributed by atoms with E-state index in [0.717, 1.165) is 13.0 Å². The lowest BCUT2D eigenvalue weighted by Crippen LogP contribution is -2.15. The molecule has 0 aliphatic carbocycles. The van der Waals surface area contributed by atoms with E-state index >= 15 is 0 Å². The summed E-state index contributed by atoms with van der Waals surface area (Å²) in [6.07, 6.45) is 0.973. The number of hydrogen-bond acceptors (Lipinski definition) is 4. The molecule has 0 bridgehead atoms. The average Bonchev–Trinajstić information content (AvgIpc) is 2.18. The van der Waals surface area contributed by atoms with Gasteiger partial charge in [0.2, 0.25) is 0 Å². The first kappa shape index (κ1) is 22.6. The van der Waals surface area contributed by atoms with Gasteiger partial charge in [0.25, 0.3) is 0 Å². The van der Waals surface area contributed by atoms with Gasteiger partial charge < -0.3 is 21.1 Å². The summed E-state index contributed by atoms with van der Waals surface area (Å²) < 4.78 is 5.54. The van der Waals surface area contributed by atoms with Crippen molar-refractivity contribution in [3.63, 3.8) is 0 Å². The molecule has 0 saturated carbocycles. The maximum Gasteiger partial charge on any atom is 0.144 e. The van der Waals surface area contributed by atoms with E-state index < -0.39 is 0 Å². The summed E-state index contributed by atoms with van der Waals surface area (Å²) >= 11 is 0. The zero-order valence-corrected chi connectivity index (χ0v) is 13.0. The first-order chi connectivity index (χ1) is 7.11. The normalized spacial score (nSPS) is 8.83. The summed E-state index contributed by atoms with van der Waals surface area (Å²) in [7, 11) is 4.07. The number of anilines is 2. The van der Waals surface area contributed by atoms with Gasteiger partial charge in [-0.15, -0.1) is 37.2 Å². The van der Waals surface area contributed by atoms with Gasteiger partial charge in [0.1, 0.15) is 5.75 Å². The van der Waals surface area contributed by atoms with Crippen molar-refractivity contribution in [2.45, 2.75) is 6.42 Å². The van der Waals surface area contributed by atoms with Gasteiger partial charge in [0.15, 0.2) is 0 Å². The number of ether oxygens (including phenoxy) is 1. The van der Waals surface area contributed by atoms with Crippen LogP contribution in [0.4, 0.5) is 11.4 Å². The zero-order chi connectivity index (χ0) is 11.3. The Labute approximate surface area is 127 Å². The summed E-state index contributed by atoms with van der Waals surface area (Å²) in [6.45, 7) is 1.66. The molecule has 1 aromatic carbocycles. The number of para-hydroxylation sites is 1. The van der Waals surface area contributed by atoms with E-state index in [1.165, 1.54) is 0 Å². The van der Waals surface area contributed by atoms with Crippen LogP contribution in [0.2, 0.25) is 0 Å². The standard InChI is InChI=1S/C11H19N3O.3ClH/c1-14(2)7-4-8-15-10-6-3-5-9(12)11(10)13;;;/h3,5-6H,4,7-8,12-13H2,1-2H3;3*1H. The molecule has 0 fully saturated rings. The molecule has 1 aromatic rings. The number of halogens is 3. The van der Waals surface area contributed by atoms with Gasteiger partial charge in [-0.05, 0) is 32.6 Å². The largest absolute Gasteiger partial charge is 0.491 e. The second kappa shape index (κ2) is 11.5. The fraction of sp³-hybridized carbons (Fsp3) is 0.455. The quantitative estimate of drug-likeness (QED) is 0.646. The van der Waals surface area contributed by atoms with E-state index in [1.54, 1.807) is 6.07 Å². The van der Waals surface area contributed by atoms with Crippen LogP contribution in [0, 0.1) is 0 Å². The van der Waals surface area contributed by atoms with Crippen molar-refractivity contribution in [1.82, 2.24) is 4.90 Å². The Kier molecular flexibility index (Phi) is 14.5. The Morgan fingerprint density at radius 1 is 1.11 bits per heavy atom. The molecule has 0 spiro atoms.